The number of hydrogen-bond acceptors (Lipinski definition) is 1. The lowest BCUT2D eigenvalue weighted by Gasteiger charge is -2.43. The monoisotopic (exact) mass is 317 g/mol. The first-order valence-electron chi connectivity index (χ1n) is 7.49. The van der Waals surface area contributed by atoms with Crippen molar-refractivity contribution in [2.75, 3.05) is 0 Å². The summed E-state index contributed by atoms with van der Waals surface area (Å²) in [5.74, 6) is 0. The molecule has 20 heavy (non-hydrogen) atoms. The van der Waals surface area contributed by atoms with E-state index < -0.39 is 16.3 Å². The maximum absolute atomic E-state index is 5.19. The molecule has 0 heterocycles. The predicted octanol–water partition coefficient (Wildman–Crippen LogP) is 6.39. The molecular weight excluding hydrogens is 281 g/mol. The van der Waals surface area contributed by atoms with E-state index in [1.54, 1.807) is 0 Å². The van der Waals surface area contributed by atoms with E-state index in [1.807, 2.05) is 0 Å². The van der Waals surface area contributed by atoms with Crippen LogP contribution in [0.15, 0.2) is 4.41 Å². The van der Waals surface area contributed by atoms with Crippen LogP contribution in [0.3, 0.4) is 0 Å². The van der Waals surface area contributed by atoms with Crippen LogP contribution < -0.4 is 0 Å². The van der Waals surface area contributed by atoms with E-state index in [4.69, 9.17) is 9.50 Å². The molecule has 0 bridgehead atoms. The van der Waals surface area contributed by atoms with Gasteiger partial charge < -0.3 is 5.09 Å². The van der Waals surface area contributed by atoms with Gasteiger partial charge in [-0.25, -0.2) is 0 Å². The van der Waals surface area contributed by atoms with E-state index in [-0.39, 0.29) is 16.6 Å². The fourth-order valence-corrected chi connectivity index (χ4v) is 6.57. The van der Waals surface area contributed by atoms with Crippen LogP contribution in [-0.2, 0) is 0 Å². The van der Waals surface area contributed by atoms with Crippen LogP contribution in [0.4, 0.5) is 0 Å². The zero-order valence-electron chi connectivity index (χ0n) is 15.8. The van der Waals surface area contributed by atoms with E-state index in [0.717, 1.165) is 0 Å². The molecule has 0 aromatic carbocycles. The number of hydrogen-bond donors (Lipinski definition) is 0. The van der Waals surface area contributed by atoms with Gasteiger partial charge in [0, 0.05) is 0 Å². The third-order valence-corrected chi connectivity index (χ3v) is 7.68. The average Bonchev–Trinajstić information content (AvgIpc) is 1.87. The summed E-state index contributed by atoms with van der Waals surface area (Å²) in [6.45, 7) is 27.0. The summed E-state index contributed by atoms with van der Waals surface area (Å²) in [4.78, 5) is 0. The molecule has 0 saturated carbocycles. The van der Waals surface area contributed by atoms with Crippen LogP contribution in [0.2, 0.25) is 19.6 Å². The summed E-state index contributed by atoms with van der Waals surface area (Å²) in [6.07, 6.45) is 0. The Morgan fingerprint density at radius 2 is 1.15 bits per heavy atom. The summed E-state index contributed by atoms with van der Waals surface area (Å²) in [6, 6.07) is 0. The molecule has 0 spiro atoms. The van der Waals surface area contributed by atoms with Gasteiger partial charge in [0.1, 0.15) is 0 Å². The van der Waals surface area contributed by atoms with E-state index in [9.17, 15) is 0 Å². The van der Waals surface area contributed by atoms with E-state index in [0.29, 0.717) is 0 Å². The Morgan fingerprint density at radius 3 is 1.35 bits per heavy atom. The Kier molecular flexibility index (Phi) is 6.23. The van der Waals surface area contributed by atoms with Crippen molar-refractivity contribution < 1.29 is 0 Å². The van der Waals surface area contributed by atoms with E-state index >= 15 is 0 Å². The fourth-order valence-electron chi connectivity index (χ4n) is 2.19. The highest BCUT2D eigenvalue weighted by Gasteiger charge is 2.41. The van der Waals surface area contributed by atoms with E-state index in [2.05, 4.69) is 86.6 Å². The van der Waals surface area contributed by atoms with Gasteiger partial charge in [-0.3, -0.25) is 0 Å². The SMILES string of the molecule is CC(C)(C)[N-][P+](=N[Si](C)(C)C)N(C(C)(C)C)C(C)(C)C. The van der Waals surface area contributed by atoms with Gasteiger partial charge >= 0.3 is 0 Å². The van der Waals surface area contributed by atoms with Crippen LogP contribution in [-0.4, -0.2) is 29.5 Å². The van der Waals surface area contributed by atoms with Crippen LogP contribution in [0.25, 0.3) is 5.09 Å². The van der Waals surface area contributed by atoms with Crippen molar-refractivity contribution in [1.82, 2.24) is 4.67 Å². The summed E-state index contributed by atoms with van der Waals surface area (Å²) >= 11 is 0. The average molecular weight is 318 g/mol. The minimum atomic E-state index is -1.52. The molecule has 0 aromatic rings. The van der Waals surface area contributed by atoms with Gasteiger partial charge in [-0.05, 0) is 61.2 Å². The van der Waals surface area contributed by atoms with Crippen molar-refractivity contribution in [1.29, 1.82) is 0 Å². The molecule has 0 aliphatic heterocycles. The zero-order chi connectivity index (χ0) is 16.6. The van der Waals surface area contributed by atoms with Crippen molar-refractivity contribution in [2.45, 2.75) is 98.6 Å². The molecule has 0 aliphatic rings. The van der Waals surface area contributed by atoms with Gasteiger partial charge in [0.05, 0.1) is 11.1 Å². The molecule has 0 aliphatic carbocycles. The maximum Gasteiger partial charge on any atom is 0.230 e. The Labute approximate surface area is 129 Å². The van der Waals surface area contributed by atoms with Crippen molar-refractivity contribution >= 4 is 16.3 Å². The molecule has 1 atom stereocenters. The second-order valence-electron chi connectivity index (χ2n) is 9.46. The van der Waals surface area contributed by atoms with Crippen molar-refractivity contribution in [2.24, 2.45) is 4.41 Å². The molecule has 0 fully saturated rings. The first-order chi connectivity index (χ1) is 8.43. The smallest absolute Gasteiger partial charge is 0.230 e. The van der Waals surface area contributed by atoms with Crippen LogP contribution in [0.5, 0.6) is 0 Å². The first kappa shape index (κ1) is 20.2. The quantitative estimate of drug-likeness (QED) is 0.438. The van der Waals surface area contributed by atoms with Gasteiger partial charge in [0.2, 0.25) is 16.3 Å². The zero-order valence-corrected chi connectivity index (χ0v) is 17.7. The minimum Gasteiger partial charge on any atom is -0.397 e. The lowest BCUT2D eigenvalue weighted by molar-refractivity contribution is 0.150. The van der Waals surface area contributed by atoms with Crippen LogP contribution >= 0.6 is 8.01 Å². The van der Waals surface area contributed by atoms with Gasteiger partial charge in [-0.2, -0.15) is 4.41 Å². The summed E-state index contributed by atoms with van der Waals surface area (Å²) in [5, 5.41) is 5.09. The molecule has 3 nitrogen and oxygen atoms in total. The van der Waals surface area contributed by atoms with Crippen LogP contribution in [0, 0.1) is 0 Å². The molecular formula is C15H36N3PSi. The van der Waals surface area contributed by atoms with Gasteiger partial charge in [0.25, 0.3) is 0 Å². The van der Waals surface area contributed by atoms with Crippen molar-refractivity contribution in [3.63, 3.8) is 0 Å². The largest absolute Gasteiger partial charge is 0.397 e. The molecule has 0 radical (unpaired) electrons. The molecule has 120 valence electrons. The van der Waals surface area contributed by atoms with Gasteiger partial charge in [0.15, 0.2) is 0 Å². The highest BCUT2D eigenvalue weighted by atomic mass is 31.1. The van der Waals surface area contributed by atoms with Crippen molar-refractivity contribution in [3.8, 4) is 0 Å². The maximum atomic E-state index is 5.19. The highest BCUT2D eigenvalue weighted by Crippen LogP contribution is 2.52. The third kappa shape index (κ3) is 7.87. The molecule has 0 saturated heterocycles. The normalized spacial score (nSPS) is 15.9. The summed E-state index contributed by atoms with van der Waals surface area (Å²) in [5.41, 5.74) is 0.0628. The second kappa shape index (κ2) is 6.16. The summed E-state index contributed by atoms with van der Waals surface area (Å²) in [7, 11) is -2.35. The molecule has 0 rings (SSSR count). The standard InChI is InChI=1S/C15H36N3PSi/c1-13(2,3)16-19(17-20(10,11)12)18(14(4,5)6)15(7,8)9/h1-12H3. The second-order valence-corrected chi connectivity index (χ2v) is 15.7. The minimum absolute atomic E-state index is 0.0520. The Bertz CT molecular complexity index is 337. The first-order valence-corrected chi connectivity index (χ1v) is 12.1. The third-order valence-electron chi connectivity index (χ3n) is 2.23. The molecule has 0 amide bonds. The molecule has 5 heteroatoms. The topological polar surface area (TPSA) is 29.7 Å². The Balaban J connectivity index is 5.88. The van der Waals surface area contributed by atoms with Gasteiger partial charge in [-0.15, -0.1) is 4.67 Å². The number of nitrogens with zero attached hydrogens (tertiary/aromatic N) is 3. The molecule has 0 N–H and O–H groups in total. The van der Waals surface area contributed by atoms with Crippen molar-refractivity contribution in [3.05, 3.63) is 5.09 Å². The lowest BCUT2D eigenvalue weighted by atomic mass is 10.0. The van der Waals surface area contributed by atoms with Crippen LogP contribution in [0.1, 0.15) is 62.3 Å². The Hall–Kier alpha value is 0.237. The molecule has 0 aromatic heterocycles. The number of rotatable bonds is 3. The Morgan fingerprint density at radius 1 is 0.800 bits per heavy atom. The van der Waals surface area contributed by atoms with Gasteiger partial charge in [-0.1, -0.05) is 26.3 Å². The molecule has 1 unspecified atom stereocenters. The fraction of sp³-hybridized carbons (Fsp3) is 1.00. The van der Waals surface area contributed by atoms with E-state index in [1.165, 1.54) is 0 Å². The predicted molar refractivity (Wildman–Crippen MR) is 97.2 cm³/mol. The highest BCUT2D eigenvalue weighted by molar-refractivity contribution is 7.49. The summed E-state index contributed by atoms with van der Waals surface area (Å²) < 4.78 is 7.70. The lowest BCUT2D eigenvalue weighted by Crippen LogP contribution is -2.48.